The predicted octanol–water partition coefficient (Wildman–Crippen LogP) is 2.89. The Morgan fingerprint density at radius 3 is 2.61 bits per heavy atom. The lowest BCUT2D eigenvalue weighted by molar-refractivity contribution is -0.297. The van der Waals surface area contributed by atoms with Crippen LogP contribution >= 0.6 is 0 Å². The van der Waals surface area contributed by atoms with E-state index in [2.05, 4.69) is 5.10 Å². The number of hydrogen-bond acceptors (Lipinski definition) is 4. The molecule has 0 unspecified atom stereocenters. The van der Waals surface area contributed by atoms with Crippen molar-refractivity contribution < 1.29 is 28.2 Å². The van der Waals surface area contributed by atoms with Gasteiger partial charge in [-0.2, -0.15) is 23.3 Å². The van der Waals surface area contributed by atoms with Crippen LogP contribution in [0.1, 0.15) is 37.0 Å². The van der Waals surface area contributed by atoms with Gasteiger partial charge in [0.1, 0.15) is 5.75 Å². The van der Waals surface area contributed by atoms with Crippen molar-refractivity contribution in [2.45, 2.75) is 38.6 Å². The average Bonchev–Trinajstić information content (AvgIpc) is 2.74. The van der Waals surface area contributed by atoms with Gasteiger partial charge in [-0.25, -0.2) is 0 Å². The maximum absolute atomic E-state index is 13.3. The van der Waals surface area contributed by atoms with Gasteiger partial charge < -0.3 is 10.2 Å². The van der Waals surface area contributed by atoms with E-state index < -0.39 is 24.2 Å². The van der Waals surface area contributed by atoms with E-state index in [1.54, 1.807) is 13.8 Å². The highest BCUT2D eigenvalue weighted by molar-refractivity contribution is 5.98. The van der Waals surface area contributed by atoms with E-state index in [0.717, 1.165) is 6.07 Å². The molecule has 1 aliphatic rings. The standard InChI is InChI=1S/C15H17F3N2O3/c1-9(2)6-11-8-14(23,15(16,17)18)20(19-11)13(22)10-4-3-5-12(21)7-10/h3-5,7,9,21,23H,6,8H2,1-2H3/t14-/m0/s1. The van der Waals surface area contributed by atoms with Crippen molar-refractivity contribution in [3.8, 4) is 5.75 Å². The lowest BCUT2D eigenvalue weighted by Gasteiger charge is -2.32. The third-order valence-electron chi connectivity index (χ3n) is 3.43. The summed E-state index contributed by atoms with van der Waals surface area (Å²) in [6, 6.07) is 4.87. The van der Waals surface area contributed by atoms with E-state index in [-0.39, 0.29) is 34.4 Å². The summed E-state index contributed by atoms with van der Waals surface area (Å²) in [5, 5.41) is 23.2. The molecule has 2 rings (SSSR count). The number of phenolic OH excluding ortho intramolecular Hbond substituents is 1. The third-order valence-corrected chi connectivity index (χ3v) is 3.43. The normalized spacial score (nSPS) is 21.7. The molecule has 1 aliphatic heterocycles. The Balaban J connectivity index is 2.41. The largest absolute Gasteiger partial charge is 0.508 e. The Kier molecular flexibility index (Phi) is 4.39. The molecule has 126 valence electrons. The van der Waals surface area contributed by atoms with Gasteiger partial charge in [0.25, 0.3) is 11.6 Å². The van der Waals surface area contributed by atoms with Crippen molar-refractivity contribution >= 4 is 11.6 Å². The summed E-state index contributed by atoms with van der Waals surface area (Å²) >= 11 is 0. The summed E-state index contributed by atoms with van der Waals surface area (Å²) in [5.41, 5.74) is -3.46. The van der Waals surface area contributed by atoms with Gasteiger partial charge in [0.2, 0.25) is 0 Å². The zero-order valence-electron chi connectivity index (χ0n) is 12.6. The van der Waals surface area contributed by atoms with Gasteiger partial charge in [-0.3, -0.25) is 4.79 Å². The van der Waals surface area contributed by atoms with Gasteiger partial charge in [-0.05, 0) is 30.5 Å². The molecule has 8 heteroatoms. The number of benzene rings is 1. The van der Waals surface area contributed by atoms with Gasteiger partial charge in [0.05, 0.1) is 0 Å². The van der Waals surface area contributed by atoms with Crippen LogP contribution < -0.4 is 0 Å². The van der Waals surface area contributed by atoms with Gasteiger partial charge in [-0.15, -0.1) is 0 Å². The Bertz CT molecular complexity index is 643. The molecule has 0 aliphatic carbocycles. The Hall–Kier alpha value is -2.09. The Labute approximate surface area is 131 Å². The van der Waals surface area contributed by atoms with Crippen LogP contribution in [0.3, 0.4) is 0 Å². The second-order valence-electron chi connectivity index (χ2n) is 5.92. The van der Waals surface area contributed by atoms with E-state index in [9.17, 15) is 28.2 Å². The first-order valence-electron chi connectivity index (χ1n) is 7.03. The lowest BCUT2D eigenvalue weighted by Crippen LogP contribution is -2.56. The monoisotopic (exact) mass is 330 g/mol. The van der Waals surface area contributed by atoms with E-state index in [4.69, 9.17) is 0 Å². The van der Waals surface area contributed by atoms with Gasteiger partial charge >= 0.3 is 6.18 Å². The van der Waals surface area contributed by atoms with E-state index in [1.807, 2.05) is 0 Å². The molecule has 0 spiro atoms. The van der Waals surface area contributed by atoms with Crippen LogP contribution in [-0.4, -0.2) is 38.7 Å². The minimum Gasteiger partial charge on any atom is -0.508 e. The van der Waals surface area contributed by atoms with Crippen molar-refractivity contribution in [2.75, 3.05) is 0 Å². The highest BCUT2D eigenvalue weighted by Crippen LogP contribution is 2.41. The zero-order chi connectivity index (χ0) is 17.4. The molecule has 1 heterocycles. The summed E-state index contributed by atoms with van der Waals surface area (Å²) < 4.78 is 39.9. The number of hydrogen-bond donors (Lipinski definition) is 2. The molecule has 1 atom stereocenters. The summed E-state index contributed by atoms with van der Waals surface area (Å²) in [7, 11) is 0. The number of carbonyl (C=O) groups is 1. The van der Waals surface area contributed by atoms with Crippen LogP contribution in [0.5, 0.6) is 5.75 Å². The van der Waals surface area contributed by atoms with Crippen molar-refractivity contribution in [3.63, 3.8) is 0 Å². The Morgan fingerprint density at radius 1 is 1.43 bits per heavy atom. The smallest absolute Gasteiger partial charge is 0.438 e. The van der Waals surface area contributed by atoms with E-state index >= 15 is 0 Å². The van der Waals surface area contributed by atoms with Crippen LogP contribution in [0, 0.1) is 5.92 Å². The number of phenols is 1. The SMILES string of the molecule is CC(C)CC1=NN(C(=O)c2cccc(O)c2)[C@@](O)(C(F)(F)F)C1. The Morgan fingerprint density at radius 2 is 2.09 bits per heavy atom. The van der Waals surface area contributed by atoms with Crippen LogP contribution in [0.4, 0.5) is 13.2 Å². The maximum atomic E-state index is 13.3. The van der Waals surface area contributed by atoms with Crippen molar-refractivity contribution in [1.82, 2.24) is 5.01 Å². The van der Waals surface area contributed by atoms with Crippen LogP contribution in [-0.2, 0) is 0 Å². The van der Waals surface area contributed by atoms with Crippen molar-refractivity contribution in [3.05, 3.63) is 29.8 Å². The van der Waals surface area contributed by atoms with Crippen LogP contribution in [0.2, 0.25) is 0 Å². The molecule has 0 aromatic heterocycles. The zero-order valence-corrected chi connectivity index (χ0v) is 12.6. The topological polar surface area (TPSA) is 73.1 Å². The summed E-state index contributed by atoms with van der Waals surface area (Å²) in [6.07, 6.45) is -5.59. The first-order valence-corrected chi connectivity index (χ1v) is 7.03. The summed E-state index contributed by atoms with van der Waals surface area (Å²) in [4.78, 5) is 12.3. The second-order valence-corrected chi connectivity index (χ2v) is 5.92. The van der Waals surface area contributed by atoms with Gasteiger partial charge in [0, 0.05) is 17.7 Å². The quantitative estimate of drug-likeness (QED) is 0.895. The maximum Gasteiger partial charge on any atom is 0.438 e. The van der Waals surface area contributed by atoms with Gasteiger partial charge in [0.15, 0.2) is 0 Å². The molecule has 0 radical (unpaired) electrons. The fourth-order valence-corrected chi connectivity index (χ4v) is 2.40. The number of aromatic hydroxyl groups is 1. The molecule has 0 bridgehead atoms. The molecule has 0 saturated heterocycles. The fourth-order valence-electron chi connectivity index (χ4n) is 2.40. The second kappa shape index (κ2) is 5.84. The predicted molar refractivity (Wildman–Crippen MR) is 76.8 cm³/mol. The average molecular weight is 330 g/mol. The number of aliphatic hydroxyl groups is 1. The molecule has 1 amide bonds. The number of nitrogens with zero attached hydrogens (tertiary/aromatic N) is 2. The first kappa shape index (κ1) is 17.3. The number of hydrazone groups is 1. The molecule has 2 N–H and O–H groups in total. The van der Waals surface area contributed by atoms with Crippen LogP contribution in [0.15, 0.2) is 29.4 Å². The number of rotatable bonds is 3. The molecule has 5 nitrogen and oxygen atoms in total. The third kappa shape index (κ3) is 3.31. The highest BCUT2D eigenvalue weighted by atomic mass is 19.4. The number of amides is 1. The van der Waals surface area contributed by atoms with Gasteiger partial charge in [-0.1, -0.05) is 19.9 Å². The molecule has 1 aromatic carbocycles. The summed E-state index contributed by atoms with van der Waals surface area (Å²) in [5.74, 6) is -1.36. The molecule has 0 saturated carbocycles. The minimum atomic E-state index is -5.05. The molecule has 1 aromatic rings. The van der Waals surface area contributed by atoms with Crippen LogP contribution in [0.25, 0.3) is 0 Å². The van der Waals surface area contributed by atoms with Crippen molar-refractivity contribution in [2.24, 2.45) is 11.0 Å². The van der Waals surface area contributed by atoms with E-state index in [1.165, 1.54) is 18.2 Å². The number of carbonyl (C=O) groups excluding carboxylic acids is 1. The molecular weight excluding hydrogens is 313 g/mol. The molecule has 23 heavy (non-hydrogen) atoms. The summed E-state index contributed by atoms with van der Waals surface area (Å²) in [6.45, 7) is 3.60. The van der Waals surface area contributed by atoms with Crippen molar-refractivity contribution in [1.29, 1.82) is 0 Å². The molecule has 0 fully saturated rings. The molecular formula is C15H17F3N2O3. The first-order chi connectivity index (χ1) is 10.5. The number of halogens is 3. The minimum absolute atomic E-state index is 0.0297. The van der Waals surface area contributed by atoms with E-state index in [0.29, 0.717) is 0 Å². The highest BCUT2D eigenvalue weighted by Gasteiger charge is 2.63. The lowest BCUT2D eigenvalue weighted by atomic mass is 9.99. The number of alkyl halides is 3. The fraction of sp³-hybridized carbons (Fsp3) is 0.467.